The molecule has 3 heterocycles. The first-order valence-corrected chi connectivity index (χ1v) is 12.2. The first-order chi connectivity index (χ1) is 14.9. The third kappa shape index (κ3) is 3.53. The highest BCUT2D eigenvalue weighted by molar-refractivity contribution is 7.89. The van der Waals surface area contributed by atoms with E-state index in [0.717, 1.165) is 24.8 Å². The van der Waals surface area contributed by atoms with Gasteiger partial charge in [0.1, 0.15) is 6.54 Å². The average Bonchev–Trinajstić information content (AvgIpc) is 3.34. The number of nitrogens with zero attached hydrogens (tertiary/aromatic N) is 3. The summed E-state index contributed by atoms with van der Waals surface area (Å²) < 4.78 is 26.9. The van der Waals surface area contributed by atoms with E-state index < -0.39 is 10.0 Å². The molecule has 0 unspecified atom stereocenters. The van der Waals surface area contributed by atoms with E-state index in [1.165, 1.54) is 22.0 Å². The molecular formula is C23H25N3O4S. The van der Waals surface area contributed by atoms with Crippen molar-refractivity contribution in [3.63, 3.8) is 0 Å². The number of amides is 2. The van der Waals surface area contributed by atoms with Crippen LogP contribution in [0.25, 0.3) is 0 Å². The molecule has 2 aromatic carbocycles. The standard InChI is InChI=1S/C23H25N3O4S/c27-22-16-24(15-21-20-6-2-1-5-17(20)11-14-26(21)22)23(28)18-7-9-19(10-8-18)31(29,30)25-12-3-4-13-25/h1-2,5-10,21H,3-4,11-16H2/t21-/m0/s1. The molecule has 8 heteroatoms. The average molecular weight is 440 g/mol. The number of sulfonamides is 1. The molecule has 7 nitrogen and oxygen atoms in total. The lowest BCUT2D eigenvalue weighted by atomic mass is 9.90. The fraction of sp³-hybridized carbons (Fsp3) is 0.391. The Labute approximate surface area is 182 Å². The largest absolute Gasteiger partial charge is 0.332 e. The lowest BCUT2D eigenvalue weighted by Gasteiger charge is -2.44. The van der Waals surface area contributed by atoms with Gasteiger partial charge in [0.05, 0.1) is 10.9 Å². The third-order valence-electron chi connectivity index (χ3n) is 6.54. The van der Waals surface area contributed by atoms with Crippen molar-refractivity contribution in [3.05, 3.63) is 65.2 Å². The molecule has 1 atom stereocenters. The van der Waals surface area contributed by atoms with Gasteiger partial charge in [0.25, 0.3) is 5.91 Å². The molecule has 0 spiro atoms. The van der Waals surface area contributed by atoms with E-state index in [0.29, 0.717) is 31.7 Å². The number of hydrogen-bond donors (Lipinski definition) is 0. The Balaban J connectivity index is 1.36. The molecule has 162 valence electrons. The highest BCUT2D eigenvalue weighted by Crippen LogP contribution is 2.33. The Morgan fingerprint density at radius 1 is 0.935 bits per heavy atom. The van der Waals surface area contributed by atoms with Gasteiger partial charge in [0, 0.05) is 31.7 Å². The molecule has 0 bridgehead atoms. The van der Waals surface area contributed by atoms with Gasteiger partial charge in [-0.1, -0.05) is 24.3 Å². The van der Waals surface area contributed by atoms with Crippen molar-refractivity contribution in [2.45, 2.75) is 30.2 Å². The second kappa shape index (κ2) is 7.76. The maximum atomic E-state index is 13.1. The lowest BCUT2D eigenvalue weighted by Crippen LogP contribution is -2.55. The van der Waals surface area contributed by atoms with Crippen molar-refractivity contribution >= 4 is 21.8 Å². The van der Waals surface area contributed by atoms with Gasteiger partial charge in [-0.3, -0.25) is 9.59 Å². The summed E-state index contributed by atoms with van der Waals surface area (Å²) in [4.78, 5) is 29.6. The van der Waals surface area contributed by atoms with E-state index in [1.54, 1.807) is 17.0 Å². The molecule has 0 radical (unpaired) electrons. The van der Waals surface area contributed by atoms with Gasteiger partial charge >= 0.3 is 0 Å². The van der Waals surface area contributed by atoms with Crippen LogP contribution >= 0.6 is 0 Å². The molecule has 31 heavy (non-hydrogen) atoms. The summed E-state index contributed by atoms with van der Waals surface area (Å²) >= 11 is 0. The van der Waals surface area contributed by atoms with Crippen molar-refractivity contribution in [1.82, 2.24) is 14.1 Å². The van der Waals surface area contributed by atoms with Crippen LogP contribution in [-0.4, -0.2) is 67.1 Å². The lowest BCUT2D eigenvalue weighted by molar-refractivity contribution is -0.139. The second-order valence-corrected chi connectivity index (χ2v) is 10.3. The van der Waals surface area contributed by atoms with Crippen molar-refractivity contribution in [3.8, 4) is 0 Å². The summed E-state index contributed by atoms with van der Waals surface area (Å²) in [6.45, 7) is 2.24. The van der Waals surface area contributed by atoms with Crippen LogP contribution in [0.15, 0.2) is 53.4 Å². The fourth-order valence-corrected chi connectivity index (χ4v) is 6.38. The molecule has 0 aliphatic carbocycles. The summed E-state index contributed by atoms with van der Waals surface area (Å²) in [6, 6.07) is 14.0. The van der Waals surface area contributed by atoms with E-state index in [-0.39, 0.29) is 29.3 Å². The minimum Gasteiger partial charge on any atom is -0.332 e. The van der Waals surface area contributed by atoms with Gasteiger partial charge in [-0.25, -0.2) is 8.42 Å². The zero-order valence-corrected chi connectivity index (χ0v) is 18.1. The predicted molar refractivity (Wildman–Crippen MR) is 115 cm³/mol. The molecule has 5 rings (SSSR count). The minimum absolute atomic E-state index is 0.0470. The van der Waals surface area contributed by atoms with Crippen LogP contribution in [0.2, 0.25) is 0 Å². The van der Waals surface area contributed by atoms with Crippen LogP contribution in [0, 0.1) is 0 Å². The molecule has 2 fully saturated rings. The quantitative estimate of drug-likeness (QED) is 0.733. The Morgan fingerprint density at radius 3 is 2.39 bits per heavy atom. The van der Waals surface area contributed by atoms with E-state index in [2.05, 4.69) is 6.07 Å². The summed E-state index contributed by atoms with van der Waals surface area (Å²) in [6.07, 6.45) is 2.58. The highest BCUT2D eigenvalue weighted by Gasteiger charge is 2.38. The zero-order valence-electron chi connectivity index (χ0n) is 17.2. The maximum Gasteiger partial charge on any atom is 0.254 e. The maximum absolute atomic E-state index is 13.1. The van der Waals surface area contributed by atoms with E-state index in [1.807, 2.05) is 23.1 Å². The van der Waals surface area contributed by atoms with Gasteiger partial charge in [-0.05, 0) is 54.7 Å². The number of rotatable bonds is 3. The smallest absolute Gasteiger partial charge is 0.254 e. The normalized spacial score (nSPS) is 21.7. The van der Waals surface area contributed by atoms with Crippen LogP contribution in [-0.2, 0) is 21.2 Å². The van der Waals surface area contributed by atoms with Crippen LogP contribution in [0.5, 0.6) is 0 Å². The summed E-state index contributed by atoms with van der Waals surface area (Å²) in [5.41, 5.74) is 2.72. The third-order valence-corrected chi connectivity index (χ3v) is 8.46. The van der Waals surface area contributed by atoms with Crippen molar-refractivity contribution in [2.75, 3.05) is 32.7 Å². The Kier molecular flexibility index (Phi) is 5.06. The van der Waals surface area contributed by atoms with E-state index >= 15 is 0 Å². The number of piperazine rings is 1. The Hall–Kier alpha value is -2.71. The van der Waals surface area contributed by atoms with Crippen molar-refractivity contribution in [2.24, 2.45) is 0 Å². The van der Waals surface area contributed by atoms with Gasteiger partial charge in [-0.15, -0.1) is 0 Å². The molecule has 0 N–H and O–H groups in total. The number of hydrogen-bond acceptors (Lipinski definition) is 4. The van der Waals surface area contributed by atoms with Crippen molar-refractivity contribution in [1.29, 1.82) is 0 Å². The van der Waals surface area contributed by atoms with E-state index in [4.69, 9.17) is 0 Å². The number of benzene rings is 2. The SMILES string of the molecule is O=C(c1ccc(S(=O)(=O)N2CCCC2)cc1)N1CC(=O)N2CCc3ccccc3[C@@H]2C1. The molecule has 3 aliphatic rings. The first-order valence-electron chi connectivity index (χ1n) is 10.7. The van der Waals surface area contributed by atoms with Crippen molar-refractivity contribution < 1.29 is 18.0 Å². The fourth-order valence-electron chi connectivity index (χ4n) is 4.86. The molecule has 0 aromatic heterocycles. The number of fused-ring (bicyclic) bond motifs is 3. The second-order valence-electron chi connectivity index (χ2n) is 8.37. The van der Waals surface area contributed by atoms with Gasteiger partial charge < -0.3 is 9.80 Å². The molecule has 3 aliphatic heterocycles. The van der Waals surface area contributed by atoms with Crippen LogP contribution in [0.1, 0.15) is 40.4 Å². The summed E-state index contributed by atoms with van der Waals surface area (Å²) in [5, 5.41) is 0. The predicted octanol–water partition coefficient (Wildman–Crippen LogP) is 2.05. The first kappa shape index (κ1) is 20.2. The molecule has 0 saturated carbocycles. The highest BCUT2D eigenvalue weighted by atomic mass is 32.2. The Bertz CT molecular complexity index is 1120. The molecular weight excluding hydrogens is 414 g/mol. The van der Waals surface area contributed by atoms with Crippen LogP contribution in [0.3, 0.4) is 0 Å². The molecule has 2 aromatic rings. The van der Waals surface area contributed by atoms with Crippen LogP contribution in [0.4, 0.5) is 0 Å². The number of carbonyl (C=O) groups is 2. The molecule has 2 amide bonds. The van der Waals surface area contributed by atoms with E-state index in [9.17, 15) is 18.0 Å². The van der Waals surface area contributed by atoms with Crippen LogP contribution < -0.4 is 0 Å². The zero-order chi connectivity index (χ0) is 21.6. The molecule has 2 saturated heterocycles. The summed E-state index contributed by atoms with van der Waals surface area (Å²) in [7, 11) is -3.52. The number of carbonyl (C=O) groups excluding carboxylic acids is 2. The topological polar surface area (TPSA) is 78.0 Å². The Morgan fingerprint density at radius 2 is 1.65 bits per heavy atom. The van der Waals surface area contributed by atoms with Gasteiger partial charge in [0.2, 0.25) is 15.9 Å². The minimum atomic E-state index is -3.52. The monoisotopic (exact) mass is 439 g/mol. The van der Waals surface area contributed by atoms with Gasteiger partial charge in [-0.2, -0.15) is 4.31 Å². The van der Waals surface area contributed by atoms with Gasteiger partial charge in [0.15, 0.2) is 0 Å². The summed E-state index contributed by atoms with van der Waals surface area (Å²) in [5.74, 6) is -0.298.